The summed E-state index contributed by atoms with van der Waals surface area (Å²) in [4.78, 5) is 22.6. The number of ether oxygens (including phenoxy) is 1. The molecule has 1 fully saturated rings. The average Bonchev–Trinajstić information content (AvgIpc) is 3.53. The molecule has 3 heterocycles. The number of rotatable bonds is 9. The maximum absolute atomic E-state index is 12.4. The van der Waals surface area contributed by atoms with E-state index in [9.17, 15) is 4.79 Å². The lowest BCUT2D eigenvalue weighted by atomic mass is 10.0. The van der Waals surface area contributed by atoms with E-state index < -0.39 is 0 Å². The highest BCUT2D eigenvalue weighted by Crippen LogP contribution is 2.19. The fourth-order valence-electron chi connectivity index (χ4n) is 4.88. The quantitative estimate of drug-likeness (QED) is 0.372. The first-order valence-corrected chi connectivity index (χ1v) is 12.6. The molecule has 2 aliphatic heterocycles. The third-order valence-electron chi connectivity index (χ3n) is 6.73. The minimum absolute atomic E-state index is 0.223. The van der Waals surface area contributed by atoms with Crippen LogP contribution in [0.4, 0.5) is 0 Å². The van der Waals surface area contributed by atoms with Gasteiger partial charge in [-0.1, -0.05) is 30.4 Å². The molecule has 3 aromatic rings. The van der Waals surface area contributed by atoms with Gasteiger partial charge in [-0.2, -0.15) is 0 Å². The second kappa shape index (κ2) is 10.9. The van der Waals surface area contributed by atoms with Crippen molar-refractivity contribution >= 4 is 16.9 Å². The number of aromatic amines is 1. The molecule has 2 aromatic carbocycles. The Bertz CT molecular complexity index is 1150. The average molecular weight is 459 g/mol. The molecular formula is C28H34N4O2. The van der Waals surface area contributed by atoms with Crippen molar-refractivity contribution in [3.8, 4) is 5.75 Å². The van der Waals surface area contributed by atoms with Gasteiger partial charge in [0, 0.05) is 32.1 Å². The highest BCUT2D eigenvalue weighted by atomic mass is 16.5. The third kappa shape index (κ3) is 5.86. The van der Waals surface area contributed by atoms with Gasteiger partial charge in [0.05, 0.1) is 24.1 Å². The summed E-state index contributed by atoms with van der Waals surface area (Å²) in [6, 6.07) is 15.1. The molecule has 0 spiro atoms. The van der Waals surface area contributed by atoms with Gasteiger partial charge in [0.15, 0.2) is 0 Å². The molecule has 2 aliphatic rings. The maximum atomic E-state index is 12.4. The van der Waals surface area contributed by atoms with Gasteiger partial charge in [0.1, 0.15) is 11.6 Å². The van der Waals surface area contributed by atoms with Crippen LogP contribution in [0.5, 0.6) is 5.75 Å². The SMILES string of the molecule is O=C(Cc1ccc2[nH]c(CCCOc3cccc(CC4CC=CCN4)c3)nc2c1)N1CCCC1. The zero-order chi connectivity index (χ0) is 23.2. The second-order valence-electron chi connectivity index (χ2n) is 9.42. The lowest BCUT2D eigenvalue weighted by Crippen LogP contribution is -2.33. The van der Waals surface area contributed by atoms with Gasteiger partial charge in [-0.3, -0.25) is 4.79 Å². The Labute approximate surface area is 201 Å². The summed E-state index contributed by atoms with van der Waals surface area (Å²) in [6.45, 7) is 3.41. The zero-order valence-electron chi connectivity index (χ0n) is 19.8. The Morgan fingerprint density at radius 3 is 2.85 bits per heavy atom. The number of amides is 1. The molecular weight excluding hydrogens is 424 g/mol. The number of benzene rings is 2. The fourth-order valence-corrected chi connectivity index (χ4v) is 4.88. The van der Waals surface area contributed by atoms with Crippen LogP contribution in [0, 0.1) is 0 Å². The number of nitrogens with zero attached hydrogens (tertiary/aromatic N) is 2. The van der Waals surface area contributed by atoms with Crippen LogP contribution >= 0.6 is 0 Å². The molecule has 0 bridgehead atoms. The van der Waals surface area contributed by atoms with Crippen LogP contribution in [-0.4, -0.2) is 53.1 Å². The van der Waals surface area contributed by atoms with Crippen LogP contribution in [0.1, 0.15) is 42.6 Å². The van der Waals surface area contributed by atoms with Crippen LogP contribution < -0.4 is 10.1 Å². The van der Waals surface area contributed by atoms with Gasteiger partial charge < -0.3 is 19.9 Å². The summed E-state index contributed by atoms with van der Waals surface area (Å²) < 4.78 is 6.03. The van der Waals surface area contributed by atoms with E-state index in [-0.39, 0.29) is 5.91 Å². The number of carbonyl (C=O) groups is 1. The first-order valence-electron chi connectivity index (χ1n) is 12.6. The Kier molecular flexibility index (Phi) is 7.25. The predicted molar refractivity (Wildman–Crippen MR) is 135 cm³/mol. The number of fused-ring (bicyclic) bond motifs is 1. The van der Waals surface area contributed by atoms with Gasteiger partial charge in [0.2, 0.25) is 5.91 Å². The summed E-state index contributed by atoms with van der Waals surface area (Å²) in [7, 11) is 0. The molecule has 0 saturated carbocycles. The van der Waals surface area contributed by atoms with Crippen molar-refractivity contribution in [3.63, 3.8) is 0 Å². The van der Waals surface area contributed by atoms with Crippen molar-refractivity contribution in [1.82, 2.24) is 20.2 Å². The molecule has 1 atom stereocenters. The summed E-state index contributed by atoms with van der Waals surface area (Å²) in [5.41, 5.74) is 4.29. The third-order valence-corrected chi connectivity index (χ3v) is 6.73. The Balaban J connectivity index is 1.10. The van der Waals surface area contributed by atoms with Crippen LogP contribution in [0.3, 0.4) is 0 Å². The van der Waals surface area contributed by atoms with Crippen LogP contribution in [0.15, 0.2) is 54.6 Å². The number of imidazole rings is 1. The number of carbonyl (C=O) groups excluding carboxylic acids is 1. The predicted octanol–water partition coefficient (Wildman–Crippen LogP) is 4.20. The first kappa shape index (κ1) is 22.7. The zero-order valence-corrected chi connectivity index (χ0v) is 19.8. The number of aromatic nitrogens is 2. The summed E-state index contributed by atoms with van der Waals surface area (Å²) in [6.07, 6.45) is 11.0. The molecule has 0 radical (unpaired) electrons. The van der Waals surface area contributed by atoms with Crippen molar-refractivity contribution in [1.29, 1.82) is 0 Å². The second-order valence-corrected chi connectivity index (χ2v) is 9.42. The smallest absolute Gasteiger partial charge is 0.226 e. The normalized spacial score (nSPS) is 18.0. The van der Waals surface area contributed by atoms with E-state index in [0.29, 0.717) is 19.1 Å². The molecule has 1 amide bonds. The van der Waals surface area contributed by atoms with Crippen molar-refractivity contribution in [2.24, 2.45) is 0 Å². The lowest BCUT2D eigenvalue weighted by molar-refractivity contribution is -0.129. The van der Waals surface area contributed by atoms with Crippen molar-refractivity contribution in [3.05, 3.63) is 71.6 Å². The molecule has 6 nitrogen and oxygen atoms in total. The molecule has 178 valence electrons. The van der Waals surface area contributed by atoms with E-state index in [2.05, 4.69) is 40.7 Å². The Morgan fingerprint density at radius 1 is 1.09 bits per heavy atom. The van der Waals surface area contributed by atoms with Gasteiger partial charge in [-0.15, -0.1) is 0 Å². The van der Waals surface area contributed by atoms with E-state index >= 15 is 0 Å². The maximum Gasteiger partial charge on any atom is 0.226 e. The number of H-pyrrole nitrogens is 1. The minimum atomic E-state index is 0.223. The van der Waals surface area contributed by atoms with Gasteiger partial charge in [-0.05, 0) is 67.5 Å². The molecule has 2 N–H and O–H groups in total. The number of nitrogens with one attached hydrogen (secondary N) is 2. The molecule has 1 unspecified atom stereocenters. The topological polar surface area (TPSA) is 70.2 Å². The Hall–Kier alpha value is -3.12. The van der Waals surface area contributed by atoms with E-state index in [1.165, 1.54) is 5.56 Å². The number of likely N-dealkylation sites (tertiary alicyclic amines) is 1. The van der Waals surface area contributed by atoms with Gasteiger partial charge in [-0.25, -0.2) is 4.98 Å². The summed E-state index contributed by atoms with van der Waals surface area (Å²) in [5.74, 6) is 2.12. The largest absolute Gasteiger partial charge is 0.494 e. The van der Waals surface area contributed by atoms with Crippen LogP contribution in [0.25, 0.3) is 11.0 Å². The van der Waals surface area contributed by atoms with Gasteiger partial charge >= 0.3 is 0 Å². The van der Waals surface area contributed by atoms with Crippen LogP contribution in [0.2, 0.25) is 0 Å². The molecule has 0 aliphatic carbocycles. The van der Waals surface area contributed by atoms with Crippen molar-refractivity contribution < 1.29 is 9.53 Å². The molecule has 1 aromatic heterocycles. The number of hydrogen-bond donors (Lipinski definition) is 2. The van der Waals surface area contributed by atoms with E-state index in [4.69, 9.17) is 9.72 Å². The fraction of sp³-hybridized carbons (Fsp3) is 0.429. The van der Waals surface area contributed by atoms with Gasteiger partial charge in [0.25, 0.3) is 0 Å². The first-order chi connectivity index (χ1) is 16.7. The highest BCUT2D eigenvalue weighted by Gasteiger charge is 2.18. The molecule has 34 heavy (non-hydrogen) atoms. The van der Waals surface area contributed by atoms with Crippen molar-refractivity contribution in [2.45, 2.75) is 51.0 Å². The summed E-state index contributed by atoms with van der Waals surface area (Å²) >= 11 is 0. The number of aryl methyl sites for hydroxylation is 1. The molecule has 1 saturated heterocycles. The van der Waals surface area contributed by atoms with Crippen molar-refractivity contribution in [2.75, 3.05) is 26.2 Å². The minimum Gasteiger partial charge on any atom is -0.494 e. The van der Waals surface area contributed by atoms with Crippen LogP contribution in [-0.2, 0) is 24.1 Å². The van der Waals surface area contributed by atoms with E-state index in [1.807, 2.05) is 29.2 Å². The monoisotopic (exact) mass is 458 g/mol. The van der Waals surface area contributed by atoms with E-state index in [0.717, 1.165) is 86.3 Å². The molecule has 6 heteroatoms. The standard InChI is InChI=1S/C28H34N4O2/c33-28(32-14-3-4-15-32)20-22-11-12-25-26(19-22)31-27(30-25)10-6-16-34-24-9-5-7-21(18-24)17-23-8-1-2-13-29-23/h1-2,5,7,9,11-12,18-19,23,29H,3-4,6,8,10,13-17,20H2,(H,30,31). The lowest BCUT2D eigenvalue weighted by Gasteiger charge is -2.19. The summed E-state index contributed by atoms with van der Waals surface area (Å²) in [5, 5.41) is 3.54. The molecule has 5 rings (SSSR count). The Morgan fingerprint density at radius 2 is 2.00 bits per heavy atom. The highest BCUT2D eigenvalue weighted by molar-refractivity contribution is 5.82. The number of hydrogen-bond acceptors (Lipinski definition) is 4. The van der Waals surface area contributed by atoms with E-state index in [1.54, 1.807) is 0 Å².